The highest BCUT2D eigenvalue weighted by molar-refractivity contribution is 9.10. The number of rotatable bonds is 5. The number of nitrogens with zero attached hydrogens (tertiary/aromatic N) is 4. The molecule has 4 rings (SSSR count). The molecule has 0 fully saturated rings. The first-order valence-electron chi connectivity index (χ1n) is 10.6. The van der Waals surface area contributed by atoms with E-state index in [0.717, 1.165) is 11.6 Å². The van der Waals surface area contributed by atoms with Crippen molar-refractivity contribution in [2.45, 2.75) is 45.9 Å². The third kappa shape index (κ3) is 4.86. The van der Waals surface area contributed by atoms with E-state index in [1.54, 1.807) is 25.4 Å². The van der Waals surface area contributed by atoms with E-state index in [-0.39, 0.29) is 12.0 Å². The lowest BCUT2D eigenvalue weighted by atomic mass is 9.91. The first-order valence-corrected chi connectivity index (χ1v) is 12.2. The Hall–Kier alpha value is -2.36. The van der Waals surface area contributed by atoms with Crippen LogP contribution in [0.25, 0.3) is 16.6 Å². The van der Waals surface area contributed by atoms with Gasteiger partial charge in [0.05, 0.1) is 6.10 Å². The summed E-state index contributed by atoms with van der Waals surface area (Å²) in [5.74, 6) is 0.824. The Kier molecular flexibility index (Phi) is 7.05. The van der Waals surface area contributed by atoms with Crippen LogP contribution < -0.4 is 4.74 Å². The number of ether oxygens (including phenoxy) is 1. The van der Waals surface area contributed by atoms with Gasteiger partial charge in [0.2, 0.25) is 0 Å². The molecule has 11 heteroatoms. The molecule has 1 aromatic carbocycles. The van der Waals surface area contributed by atoms with Gasteiger partial charge in [-0.1, -0.05) is 36.2 Å². The summed E-state index contributed by atoms with van der Waals surface area (Å²) in [6.07, 6.45) is -0.234. The highest BCUT2D eigenvalue weighted by Crippen LogP contribution is 2.45. The Morgan fingerprint density at radius 2 is 1.83 bits per heavy atom. The fraction of sp³-hybridized carbons (Fsp3) is 0.292. The van der Waals surface area contributed by atoms with Crippen molar-refractivity contribution >= 4 is 44.6 Å². The van der Waals surface area contributed by atoms with Gasteiger partial charge in [-0.2, -0.15) is 13.2 Å². The second-order valence-corrected chi connectivity index (χ2v) is 9.81. The maximum absolute atomic E-state index is 13.1. The predicted molar refractivity (Wildman–Crippen MR) is 133 cm³/mol. The average Bonchev–Trinajstić information content (AvgIpc) is 3.13. The zero-order chi connectivity index (χ0) is 25.7. The molecule has 184 valence electrons. The topological polar surface area (TPSA) is 52.3 Å². The molecule has 0 N–H and O–H groups in total. The van der Waals surface area contributed by atoms with E-state index in [9.17, 15) is 13.2 Å². The van der Waals surface area contributed by atoms with Gasteiger partial charge in [0, 0.05) is 46.2 Å². The van der Waals surface area contributed by atoms with Gasteiger partial charge in [-0.15, -0.1) is 0 Å². The van der Waals surface area contributed by atoms with Crippen LogP contribution >= 0.6 is 39.1 Å². The molecule has 1 atom stereocenters. The van der Waals surface area contributed by atoms with Crippen molar-refractivity contribution in [2.75, 3.05) is 0 Å². The fourth-order valence-corrected chi connectivity index (χ4v) is 5.04. The summed E-state index contributed by atoms with van der Waals surface area (Å²) < 4.78 is 47.9. The molecule has 0 radical (unpaired) electrons. The van der Waals surface area contributed by atoms with Crippen LogP contribution in [0.1, 0.15) is 49.3 Å². The van der Waals surface area contributed by atoms with Crippen molar-refractivity contribution in [2.24, 2.45) is 0 Å². The summed E-state index contributed by atoms with van der Waals surface area (Å²) >= 11 is 16.4. The first kappa shape index (κ1) is 25.7. The smallest absolute Gasteiger partial charge is 0.433 e. The largest absolute Gasteiger partial charge is 0.490 e. The highest BCUT2D eigenvalue weighted by atomic mass is 79.9. The fourth-order valence-electron chi connectivity index (χ4n) is 3.91. The molecule has 0 saturated carbocycles. The van der Waals surface area contributed by atoms with Gasteiger partial charge in [-0.25, -0.2) is 9.97 Å². The molecule has 0 aliphatic rings. The molecule has 3 aromatic heterocycles. The molecule has 0 amide bonds. The summed E-state index contributed by atoms with van der Waals surface area (Å²) in [6.45, 7) is 7.49. The third-order valence-corrected chi connectivity index (χ3v) is 6.77. The van der Waals surface area contributed by atoms with Gasteiger partial charge in [0.15, 0.2) is 5.15 Å². The Bertz CT molecular complexity index is 1410. The lowest BCUT2D eigenvalue weighted by Gasteiger charge is -2.24. The Balaban J connectivity index is 1.95. The van der Waals surface area contributed by atoms with E-state index in [1.165, 1.54) is 12.3 Å². The SMILES string of the molecule is Cc1c(Cl)cc(C(C)c2nc(Br)c3c(Cl)nccn23)c(OC(C)C)c1-c1ccc(C(F)(F)F)nc1. The van der Waals surface area contributed by atoms with E-state index >= 15 is 0 Å². The maximum atomic E-state index is 13.1. The molecule has 35 heavy (non-hydrogen) atoms. The van der Waals surface area contributed by atoms with Crippen molar-refractivity contribution in [3.05, 3.63) is 74.2 Å². The summed E-state index contributed by atoms with van der Waals surface area (Å²) in [6, 6.07) is 4.13. The van der Waals surface area contributed by atoms with Crippen LogP contribution in [0.5, 0.6) is 5.75 Å². The van der Waals surface area contributed by atoms with E-state index < -0.39 is 11.9 Å². The zero-order valence-corrected chi connectivity index (χ0v) is 22.2. The second-order valence-electron chi connectivity index (χ2n) is 8.29. The number of imidazole rings is 1. The molecule has 0 spiro atoms. The number of halogens is 6. The first-order chi connectivity index (χ1) is 16.4. The number of hydrogen-bond acceptors (Lipinski definition) is 4. The molecule has 0 bridgehead atoms. The average molecular weight is 588 g/mol. The minimum Gasteiger partial charge on any atom is -0.490 e. The van der Waals surface area contributed by atoms with Gasteiger partial charge in [0.25, 0.3) is 0 Å². The highest BCUT2D eigenvalue weighted by Gasteiger charge is 2.33. The van der Waals surface area contributed by atoms with Crippen LogP contribution in [0, 0.1) is 6.92 Å². The van der Waals surface area contributed by atoms with Gasteiger partial charge in [0.1, 0.15) is 27.4 Å². The van der Waals surface area contributed by atoms with Crippen molar-refractivity contribution < 1.29 is 17.9 Å². The van der Waals surface area contributed by atoms with Crippen molar-refractivity contribution in [1.29, 1.82) is 0 Å². The second kappa shape index (κ2) is 9.59. The maximum Gasteiger partial charge on any atom is 0.433 e. The van der Waals surface area contributed by atoms with Crippen molar-refractivity contribution in [1.82, 2.24) is 19.4 Å². The molecule has 0 aliphatic carbocycles. The standard InChI is InChI=1S/C24H20BrCl2F3N4O/c1-11(2)35-20-15(12(3)23-33-21(25)19-22(27)31-7-8-34(19)23)9-16(26)13(4)18(20)14-5-6-17(32-10-14)24(28,29)30/h5-12H,1-4H3. The quantitative estimate of drug-likeness (QED) is 0.236. The van der Waals surface area contributed by atoms with Crippen LogP contribution in [0.4, 0.5) is 13.2 Å². The summed E-state index contributed by atoms with van der Waals surface area (Å²) in [4.78, 5) is 12.4. The predicted octanol–water partition coefficient (Wildman–Crippen LogP) is 8.13. The Morgan fingerprint density at radius 1 is 1.11 bits per heavy atom. The van der Waals surface area contributed by atoms with Crippen LogP contribution in [-0.4, -0.2) is 25.5 Å². The summed E-state index contributed by atoms with van der Waals surface area (Å²) in [5.41, 5.74) is 2.07. The third-order valence-electron chi connectivity index (χ3n) is 5.55. The Morgan fingerprint density at radius 3 is 2.43 bits per heavy atom. The lowest BCUT2D eigenvalue weighted by Crippen LogP contribution is -2.13. The molecule has 0 aliphatic heterocycles. The minimum atomic E-state index is -4.54. The van der Waals surface area contributed by atoms with Crippen LogP contribution in [0.3, 0.4) is 0 Å². The molecule has 3 heterocycles. The number of aromatic nitrogens is 4. The summed E-state index contributed by atoms with van der Waals surface area (Å²) in [5, 5.41) is 0.736. The number of fused-ring (bicyclic) bond motifs is 1. The summed E-state index contributed by atoms with van der Waals surface area (Å²) in [7, 11) is 0. The molecular formula is C24H20BrCl2F3N4O. The lowest BCUT2D eigenvalue weighted by molar-refractivity contribution is -0.141. The van der Waals surface area contributed by atoms with Gasteiger partial charge in [-0.05, 0) is 54.4 Å². The van der Waals surface area contributed by atoms with Crippen LogP contribution in [0.2, 0.25) is 10.2 Å². The van der Waals surface area contributed by atoms with Crippen LogP contribution in [-0.2, 0) is 6.18 Å². The van der Waals surface area contributed by atoms with Gasteiger partial charge in [-0.3, -0.25) is 9.38 Å². The molecule has 1 unspecified atom stereocenters. The van der Waals surface area contributed by atoms with Crippen molar-refractivity contribution in [3.63, 3.8) is 0 Å². The molecule has 4 aromatic rings. The number of hydrogen-bond donors (Lipinski definition) is 0. The zero-order valence-electron chi connectivity index (χ0n) is 19.1. The van der Waals surface area contributed by atoms with Crippen LogP contribution in [0.15, 0.2) is 41.4 Å². The van der Waals surface area contributed by atoms with E-state index in [4.69, 9.17) is 27.9 Å². The molecule has 0 saturated heterocycles. The van der Waals surface area contributed by atoms with E-state index in [0.29, 0.717) is 48.6 Å². The van der Waals surface area contributed by atoms with Crippen molar-refractivity contribution in [3.8, 4) is 16.9 Å². The number of alkyl halides is 3. The number of benzene rings is 1. The monoisotopic (exact) mass is 586 g/mol. The molecule has 5 nitrogen and oxygen atoms in total. The number of pyridine rings is 1. The van der Waals surface area contributed by atoms with E-state index in [2.05, 4.69) is 30.9 Å². The van der Waals surface area contributed by atoms with E-state index in [1.807, 2.05) is 25.2 Å². The van der Waals surface area contributed by atoms with Gasteiger partial charge >= 0.3 is 6.18 Å². The molecular weight excluding hydrogens is 568 g/mol. The normalized spacial score (nSPS) is 13.0. The Labute approximate surface area is 218 Å². The van der Waals surface area contributed by atoms with Gasteiger partial charge < -0.3 is 4.74 Å². The minimum absolute atomic E-state index is 0.218.